The van der Waals surface area contributed by atoms with E-state index in [1.54, 1.807) is 20.2 Å². The minimum Gasteiger partial charge on any atom is -0.508 e. The number of phenolic OH excluding ortho intramolecular Hbond substituents is 1. The third-order valence-corrected chi connectivity index (χ3v) is 9.92. The number of benzene rings is 2. The Balaban J connectivity index is 1.96. The van der Waals surface area contributed by atoms with Crippen molar-refractivity contribution in [2.24, 2.45) is 0 Å². The highest BCUT2D eigenvalue weighted by atomic mass is 16.3. The summed E-state index contributed by atoms with van der Waals surface area (Å²) in [6, 6.07) is 7.61. The van der Waals surface area contributed by atoms with Crippen molar-refractivity contribution in [1.29, 1.82) is 0 Å². The molecule has 0 saturated carbocycles. The second-order valence-electron chi connectivity index (χ2n) is 13.9. The maximum atomic E-state index is 14.2. The van der Waals surface area contributed by atoms with E-state index in [4.69, 9.17) is 0 Å². The predicted octanol–water partition coefficient (Wildman–Crippen LogP) is 0.375. The summed E-state index contributed by atoms with van der Waals surface area (Å²) in [4.78, 5) is 55.4. The average Bonchev–Trinajstić information content (AvgIpc) is 3.15. The van der Waals surface area contributed by atoms with Crippen molar-refractivity contribution in [2.75, 3.05) is 54.4 Å². The molecule has 0 spiro atoms. The smallest absolute Gasteiger partial charge is 0.243 e. The Labute approximate surface area is 314 Å². The highest BCUT2D eigenvalue weighted by molar-refractivity contribution is 5.95. The summed E-state index contributed by atoms with van der Waals surface area (Å²) in [6.45, 7) is 3.68. The summed E-state index contributed by atoms with van der Waals surface area (Å²) in [5, 5.41) is 44.2. The molecule has 4 amide bonds. The fourth-order valence-electron chi connectivity index (χ4n) is 6.47. The lowest BCUT2D eigenvalue weighted by Gasteiger charge is -2.27. The summed E-state index contributed by atoms with van der Waals surface area (Å²) in [6.07, 6.45) is 4.55. The molecule has 14 heteroatoms. The van der Waals surface area contributed by atoms with Crippen LogP contribution in [0.3, 0.4) is 0 Å². The number of unbranched alkanes of at least 4 members (excludes halogenated alkanes) is 1. The van der Waals surface area contributed by atoms with Gasteiger partial charge in [0.1, 0.15) is 23.9 Å². The van der Waals surface area contributed by atoms with Gasteiger partial charge >= 0.3 is 0 Å². The van der Waals surface area contributed by atoms with Crippen LogP contribution in [0.5, 0.6) is 5.75 Å². The molecule has 2 aromatic rings. The first-order chi connectivity index (χ1) is 25.5. The van der Waals surface area contributed by atoms with Crippen LogP contribution in [0.15, 0.2) is 36.4 Å². The summed E-state index contributed by atoms with van der Waals surface area (Å²) in [7, 11) is 7.09. The quantitative estimate of drug-likeness (QED) is 0.0898. The van der Waals surface area contributed by atoms with Gasteiger partial charge in [-0.2, -0.15) is 0 Å². The number of carbonyl (C=O) groups excluding carboxylic acids is 4. The molecule has 0 saturated heterocycles. The largest absolute Gasteiger partial charge is 0.508 e. The minimum atomic E-state index is -1.06. The van der Waals surface area contributed by atoms with E-state index in [-0.39, 0.29) is 37.1 Å². The molecule has 294 valence electrons. The number of likely N-dealkylation sites (N-methyl/N-ethyl adjacent to an activating group) is 2. The van der Waals surface area contributed by atoms with Gasteiger partial charge in [-0.15, -0.1) is 0 Å². The summed E-state index contributed by atoms with van der Waals surface area (Å²) in [5.74, 6) is -1.65. The van der Waals surface area contributed by atoms with Crippen LogP contribution in [-0.2, 0) is 32.0 Å². The molecule has 4 bridgehead atoms. The zero-order chi connectivity index (χ0) is 38.8. The summed E-state index contributed by atoms with van der Waals surface area (Å²) < 4.78 is 0. The SMILES string of the molecule is CNCCC[C@H](NC(=O)[C@@H]1Cc2cc(ccc2C)-c2ccc(O)c(c2)C[C@H](NC)C(=O)N[C@@H](CCCNC)C(=O)N1)C(=O)NCCCC[C@@H](CO)NC. The van der Waals surface area contributed by atoms with Crippen molar-refractivity contribution in [3.63, 3.8) is 0 Å². The van der Waals surface area contributed by atoms with Gasteiger partial charge in [-0.05, 0) is 127 Å². The first kappa shape index (κ1) is 43.3. The number of fused-ring (bicyclic) bond motifs is 5. The second-order valence-corrected chi connectivity index (χ2v) is 13.9. The monoisotopic (exact) mass is 738 g/mol. The van der Waals surface area contributed by atoms with Crippen LogP contribution < -0.4 is 42.5 Å². The molecule has 0 radical (unpaired) electrons. The Bertz CT molecular complexity index is 1490. The van der Waals surface area contributed by atoms with Crippen molar-refractivity contribution in [2.45, 2.75) is 94.9 Å². The second kappa shape index (κ2) is 22.9. The van der Waals surface area contributed by atoms with Gasteiger partial charge in [0.2, 0.25) is 23.6 Å². The number of phenols is 1. The van der Waals surface area contributed by atoms with E-state index in [0.717, 1.165) is 35.1 Å². The third-order valence-electron chi connectivity index (χ3n) is 9.92. The van der Waals surface area contributed by atoms with Gasteiger partial charge in [-0.25, -0.2) is 0 Å². The van der Waals surface area contributed by atoms with Crippen LogP contribution in [0.1, 0.15) is 61.6 Å². The van der Waals surface area contributed by atoms with Gasteiger partial charge in [0, 0.05) is 25.4 Å². The van der Waals surface area contributed by atoms with E-state index in [9.17, 15) is 29.4 Å². The molecule has 1 aliphatic rings. The molecule has 53 heavy (non-hydrogen) atoms. The molecule has 0 aliphatic carbocycles. The molecule has 3 rings (SSSR count). The average molecular weight is 739 g/mol. The number of aryl methyl sites for hydroxylation is 1. The van der Waals surface area contributed by atoms with Crippen LogP contribution in [-0.4, -0.2) is 118 Å². The number of nitrogens with one attached hydrogen (secondary N) is 8. The topological polar surface area (TPSA) is 205 Å². The van der Waals surface area contributed by atoms with Crippen molar-refractivity contribution >= 4 is 23.6 Å². The van der Waals surface area contributed by atoms with Crippen LogP contribution in [0.4, 0.5) is 0 Å². The number of aromatic hydroxyl groups is 1. The molecule has 2 aromatic carbocycles. The van der Waals surface area contributed by atoms with Crippen LogP contribution in [0.2, 0.25) is 0 Å². The predicted molar refractivity (Wildman–Crippen MR) is 207 cm³/mol. The summed E-state index contributed by atoms with van der Waals surface area (Å²) >= 11 is 0. The lowest BCUT2D eigenvalue weighted by molar-refractivity contribution is -0.134. The van der Waals surface area contributed by atoms with E-state index < -0.39 is 41.9 Å². The van der Waals surface area contributed by atoms with Crippen molar-refractivity contribution in [3.05, 3.63) is 53.1 Å². The Kier molecular flexibility index (Phi) is 18.7. The van der Waals surface area contributed by atoms with E-state index >= 15 is 0 Å². The van der Waals surface area contributed by atoms with Crippen LogP contribution in [0, 0.1) is 6.92 Å². The van der Waals surface area contributed by atoms with Crippen molar-refractivity contribution in [1.82, 2.24) is 42.5 Å². The molecule has 0 fully saturated rings. The number of amides is 4. The lowest BCUT2D eigenvalue weighted by atomic mass is 9.93. The number of aliphatic hydroxyl groups is 1. The van der Waals surface area contributed by atoms with Crippen molar-refractivity contribution < 1.29 is 29.4 Å². The van der Waals surface area contributed by atoms with E-state index in [1.807, 2.05) is 51.4 Å². The zero-order valence-electron chi connectivity index (χ0n) is 32.1. The molecule has 1 aliphatic heterocycles. The molecular weight excluding hydrogens is 676 g/mol. The van der Waals surface area contributed by atoms with Crippen LogP contribution in [0.25, 0.3) is 11.1 Å². The summed E-state index contributed by atoms with van der Waals surface area (Å²) in [5.41, 5.74) is 4.01. The number of aliphatic hydroxyl groups excluding tert-OH is 1. The Morgan fingerprint density at radius 2 is 1.53 bits per heavy atom. The Morgan fingerprint density at radius 1 is 0.830 bits per heavy atom. The van der Waals surface area contributed by atoms with Gasteiger partial charge in [-0.3, -0.25) is 19.2 Å². The fourth-order valence-corrected chi connectivity index (χ4v) is 6.47. The molecular formula is C39H62N8O6. The van der Waals surface area contributed by atoms with Gasteiger partial charge < -0.3 is 52.7 Å². The van der Waals surface area contributed by atoms with Gasteiger partial charge in [0.25, 0.3) is 0 Å². The minimum absolute atomic E-state index is 0.00238. The first-order valence-corrected chi connectivity index (χ1v) is 18.9. The number of hydrogen-bond acceptors (Lipinski definition) is 10. The number of carbonyl (C=O) groups is 4. The maximum absolute atomic E-state index is 14.2. The lowest BCUT2D eigenvalue weighted by Crippen LogP contribution is -2.58. The molecule has 10 N–H and O–H groups in total. The fraction of sp³-hybridized carbons (Fsp3) is 0.590. The van der Waals surface area contributed by atoms with Gasteiger partial charge in [-0.1, -0.05) is 30.7 Å². The number of rotatable bonds is 19. The van der Waals surface area contributed by atoms with Gasteiger partial charge in [0.15, 0.2) is 0 Å². The highest BCUT2D eigenvalue weighted by Crippen LogP contribution is 2.29. The van der Waals surface area contributed by atoms with E-state index in [0.29, 0.717) is 57.3 Å². The molecule has 0 aromatic heterocycles. The third kappa shape index (κ3) is 13.7. The molecule has 1 heterocycles. The van der Waals surface area contributed by atoms with Crippen LogP contribution >= 0.6 is 0 Å². The zero-order valence-corrected chi connectivity index (χ0v) is 32.1. The standard InChI is InChI=1S/C39H62N8O6/c1-25-13-14-26-20-28(25)22-34(39(53)45-31(11-8-17-40-2)36(50)44-19-7-6-10-30(24-48)42-4)47-37(51)32(12-9-18-41-3)46-38(52)33(43-5)23-29-21-27(26)15-16-35(29)49/h13-16,20-21,30-34,40-43,48-49H,6-12,17-19,22-24H2,1-5H3,(H,44,50)(H,45,53)(H,46,52)(H,47,51)/t30-,31-,32-,33-,34-/m0/s1. The first-order valence-electron chi connectivity index (χ1n) is 18.9. The molecule has 5 atom stereocenters. The highest BCUT2D eigenvalue weighted by Gasteiger charge is 2.32. The maximum Gasteiger partial charge on any atom is 0.243 e. The Hall–Kier alpha value is -4.08. The van der Waals surface area contributed by atoms with E-state index in [2.05, 4.69) is 42.5 Å². The van der Waals surface area contributed by atoms with Crippen molar-refractivity contribution in [3.8, 4) is 16.9 Å². The molecule has 0 unspecified atom stereocenters. The van der Waals surface area contributed by atoms with Gasteiger partial charge in [0.05, 0.1) is 12.6 Å². The molecule has 14 nitrogen and oxygen atoms in total. The number of hydrogen-bond donors (Lipinski definition) is 10. The Morgan fingerprint density at radius 3 is 2.21 bits per heavy atom. The normalized spacial score (nSPS) is 18.9. The van der Waals surface area contributed by atoms with E-state index in [1.165, 1.54) is 0 Å².